The van der Waals surface area contributed by atoms with E-state index in [1.54, 1.807) is 12.1 Å². The van der Waals surface area contributed by atoms with Gasteiger partial charge in [-0.2, -0.15) is 0 Å². The van der Waals surface area contributed by atoms with Crippen molar-refractivity contribution in [1.29, 1.82) is 0 Å². The number of nitrogens with zero attached hydrogens (tertiary/aromatic N) is 1. The molecule has 1 heterocycles. The van der Waals surface area contributed by atoms with Crippen molar-refractivity contribution in [3.05, 3.63) is 95.9 Å². The van der Waals surface area contributed by atoms with Crippen LogP contribution in [0.5, 0.6) is 0 Å². The Morgan fingerprint density at radius 2 is 1.41 bits per heavy atom. The number of furan rings is 1. The number of nitrogens with one attached hydrogen (secondary N) is 1. The molecule has 0 bridgehead atoms. The van der Waals surface area contributed by atoms with Gasteiger partial charge in [-0.1, -0.05) is 60.7 Å². The van der Waals surface area contributed by atoms with Crippen molar-refractivity contribution in [2.75, 3.05) is 6.54 Å². The molecule has 5 nitrogen and oxygen atoms in total. The predicted molar refractivity (Wildman–Crippen MR) is 103 cm³/mol. The van der Waals surface area contributed by atoms with E-state index in [-0.39, 0.29) is 30.5 Å². The number of benzene rings is 2. The highest BCUT2D eigenvalue weighted by Crippen LogP contribution is 2.11. The lowest BCUT2D eigenvalue weighted by Gasteiger charge is -2.23. The minimum absolute atomic E-state index is 0.0116. The molecule has 0 radical (unpaired) electrons. The van der Waals surface area contributed by atoms with Crippen molar-refractivity contribution < 1.29 is 14.0 Å². The maximum Gasteiger partial charge on any atom is 0.286 e. The lowest BCUT2D eigenvalue weighted by Crippen LogP contribution is -2.34. The molecular weight excluding hydrogens is 340 g/mol. The Morgan fingerprint density at radius 1 is 0.815 bits per heavy atom. The van der Waals surface area contributed by atoms with E-state index in [1.165, 1.54) is 6.26 Å². The average Bonchev–Trinajstić information content (AvgIpc) is 3.24. The van der Waals surface area contributed by atoms with E-state index >= 15 is 0 Å². The standard InChI is InChI=1S/C22H22N2O3/c25-21(13-14-23-22(26)20-12-7-15-27-20)24(16-18-8-3-1-4-9-18)17-19-10-5-2-6-11-19/h1-12,15H,13-14,16-17H2,(H,23,26). The highest BCUT2D eigenvalue weighted by atomic mass is 16.3. The molecule has 5 heteroatoms. The molecule has 1 aromatic heterocycles. The minimum atomic E-state index is -0.314. The summed E-state index contributed by atoms with van der Waals surface area (Å²) in [6.45, 7) is 1.32. The molecule has 0 spiro atoms. The van der Waals surface area contributed by atoms with Crippen molar-refractivity contribution in [1.82, 2.24) is 10.2 Å². The van der Waals surface area contributed by atoms with Gasteiger partial charge in [-0.15, -0.1) is 0 Å². The van der Waals surface area contributed by atoms with Crippen molar-refractivity contribution in [3.63, 3.8) is 0 Å². The fourth-order valence-corrected chi connectivity index (χ4v) is 2.78. The fourth-order valence-electron chi connectivity index (χ4n) is 2.78. The van der Waals surface area contributed by atoms with Crippen LogP contribution in [0.3, 0.4) is 0 Å². The summed E-state index contributed by atoms with van der Waals surface area (Å²) < 4.78 is 5.05. The van der Waals surface area contributed by atoms with Gasteiger partial charge in [-0.05, 0) is 23.3 Å². The number of hydrogen-bond acceptors (Lipinski definition) is 3. The zero-order chi connectivity index (χ0) is 18.9. The first-order valence-electron chi connectivity index (χ1n) is 8.90. The van der Waals surface area contributed by atoms with E-state index in [1.807, 2.05) is 65.6 Å². The summed E-state index contributed by atoms with van der Waals surface area (Å²) in [5.41, 5.74) is 2.14. The van der Waals surface area contributed by atoms with Crippen molar-refractivity contribution in [2.45, 2.75) is 19.5 Å². The lowest BCUT2D eigenvalue weighted by molar-refractivity contribution is -0.132. The largest absolute Gasteiger partial charge is 0.459 e. The van der Waals surface area contributed by atoms with Gasteiger partial charge in [0.05, 0.1) is 6.26 Å². The van der Waals surface area contributed by atoms with Gasteiger partial charge in [-0.25, -0.2) is 0 Å². The van der Waals surface area contributed by atoms with E-state index in [0.29, 0.717) is 13.1 Å². The topological polar surface area (TPSA) is 62.6 Å². The van der Waals surface area contributed by atoms with Gasteiger partial charge >= 0.3 is 0 Å². The Morgan fingerprint density at radius 3 is 1.93 bits per heavy atom. The van der Waals surface area contributed by atoms with E-state index in [4.69, 9.17) is 4.42 Å². The molecule has 1 N–H and O–H groups in total. The third-order valence-electron chi connectivity index (χ3n) is 4.15. The summed E-state index contributed by atoms with van der Waals surface area (Å²) in [4.78, 5) is 26.5. The second-order valence-electron chi connectivity index (χ2n) is 6.20. The fraction of sp³-hybridized carbons (Fsp3) is 0.182. The van der Waals surface area contributed by atoms with Crippen LogP contribution in [0.4, 0.5) is 0 Å². The maximum absolute atomic E-state index is 12.8. The highest BCUT2D eigenvalue weighted by molar-refractivity contribution is 5.91. The Balaban J connectivity index is 1.60. The molecule has 0 aliphatic carbocycles. The van der Waals surface area contributed by atoms with Crippen LogP contribution < -0.4 is 5.32 Å². The number of carbonyl (C=O) groups is 2. The molecule has 0 saturated carbocycles. The summed E-state index contributed by atoms with van der Waals surface area (Å²) in [5.74, 6) is -0.0826. The van der Waals surface area contributed by atoms with E-state index in [2.05, 4.69) is 5.32 Å². The zero-order valence-electron chi connectivity index (χ0n) is 15.0. The summed E-state index contributed by atoms with van der Waals surface area (Å²) in [6, 6.07) is 23.0. The highest BCUT2D eigenvalue weighted by Gasteiger charge is 2.15. The zero-order valence-corrected chi connectivity index (χ0v) is 15.0. The van der Waals surface area contributed by atoms with Crippen LogP contribution in [-0.2, 0) is 17.9 Å². The van der Waals surface area contributed by atoms with E-state index < -0.39 is 0 Å². The number of rotatable bonds is 8. The van der Waals surface area contributed by atoms with Crippen LogP contribution in [0.25, 0.3) is 0 Å². The first-order chi connectivity index (χ1) is 13.2. The quantitative estimate of drug-likeness (QED) is 0.666. The molecule has 0 unspecified atom stereocenters. The number of amides is 2. The third kappa shape index (κ3) is 5.57. The van der Waals surface area contributed by atoms with Gasteiger partial charge in [0.15, 0.2) is 5.76 Å². The van der Waals surface area contributed by atoms with Gasteiger partial charge in [0.2, 0.25) is 5.91 Å². The molecule has 0 fully saturated rings. The van der Waals surface area contributed by atoms with Crippen molar-refractivity contribution in [2.24, 2.45) is 0 Å². The van der Waals surface area contributed by atoms with Crippen LogP contribution in [0, 0.1) is 0 Å². The van der Waals surface area contributed by atoms with Crippen molar-refractivity contribution >= 4 is 11.8 Å². The molecule has 27 heavy (non-hydrogen) atoms. The molecule has 3 rings (SSSR count). The minimum Gasteiger partial charge on any atom is -0.459 e. The second-order valence-corrected chi connectivity index (χ2v) is 6.20. The van der Waals surface area contributed by atoms with Crippen LogP contribution in [0.2, 0.25) is 0 Å². The van der Waals surface area contributed by atoms with Gasteiger partial charge in [0, 0.05) is 26.1 Å². The van der Waals surface area contributed by atoms with Crippen molar-refractivity contribution in [3.8, 4) is 0 Å². The van der Waals surface area contributed by atoms with Gasteiger partial charge in [0.25, 0.3) is 5.91 Å². The normalized spacial score (nSPS) is 10.4. The summed E-state index contributed by atoms with van der Waals surface area (Å²) in [7, 11) is 0. The molecule has 0 atom stereocenters. The number of hydrogen-bond donors (Lipinski definition) is 1. The van der Waals surface area contributed by atoms with E-state index in [9.17, 15) is 9.59 Å². The van der Waals surface area contributed by atoms with Gasteiger partial charge < -0.3 is 14.6 Å². The van der Waals surface area contributed by atoms with Crippen LogP contribution in [0.15, 0.2) is 83.5 Å². The third-order valence-corrected chi connectivity index (χ3v) is 4.15. The van der Waals surface area contributed by atoms with Crippen LogP contribution in [0.1, 0.15) is 28.1 Å². The van der Waals surface area contributed by atoms with Gasteiger partial charge in [-0.3, -0.25) is 9.59 Å². The van der Waals surface area contributed by atoms with E-state index in [0.717, 1.165) is 11.1 Å². The Labute approximate surface area is 158 Å². The Hall–Kier alpha value is -3.34. The second kappa shape index (κ2) is 9.38. The molecular formula is C22H22N2O3. The monoisotopic (exact) mass is 362 g/mol. The molecule has 3 aromatic rings. The first-order valence-corrected chi connectivity index (χ1v) is 8.90. The Kier molecular flexibility index (Phi) is 6.41. The molecule has 2 amide bonds. The summed E-state index contributed by atoms with van der Waals surface area (Å²) in [5, 5.41) is 2.72. The molecule has 0 aliphatic heterocycles. The summed E-state index contributed by atoms with van der Waals surface area (Å²) in [6.07, 6.45) is 1.67. The van der Waals surface area contributed by atoms with Gasteiger partial charge in [0.1, 0.15) is 0 Å². The molecule has 2 aromatic carbocycles. The van der Waals surface area contributed by atoms with Crippen LogP contribution in [-0.4, -0.2) is 23.3 Å². The van der Waals surface area contributed by atoms with Crippen LogP contribution >= 0.6 is 0 Å². The molecule has 0 aliphatic rings. The first kappa shape index (κ1) is 18.5. The SMILES string of the molecule is O=C(NCCC(=O)N(Cc1ccccc1)Cc1ccccc1)c1ccco1. The number of carbonyl (C=O) groups excluding carboxylic acids is 2. The predicted octanol–water partition coefficient (Wildman–Crippen LogP) is 3.63. The maximum atomic E-state index is 12.8. The smallest absolute Gasteiger partial charge is 0.286 e. The Bertz CT molecular complexity index is 804. The molecule has 138 valence electrons. The lowest BCUT2D eigenvalue weighted by atomic mass is 10.1. The summed E-state index contributed by atoms with van der Waals surface area (Å²) >= 11 is 0. The average molecular weight is 362 g/mol. The molecule has 0 saturated heterocycles.